The van der Waals surface area contributed by atoms with Gasteiger partial charge in [-0.1, -0.05) is 87.1 Å². The van der Waals surface area contributed by atoms with Crippen molar-refractivity contribution >= 4 is 21.9 Å². The van der Waals surface area contributed by atoms with Crippen molar-refractivity contribution < 1.29 is 14.3 Å². The normalized spacial score (nSPS) is 10.8. The van der Waals surface area contributed by atoms with Gasteiger partial charge in [-0.3, -0.25) is 0 Å². The lowest BCUT2D eigenvalue weighted by molar-refractivity contribution is 0.0497. The van der Waals surface area contributed by atoms with Crippen molar-refractivity contribution in [3.63, 3.8) is 0 Å². The third kappa shape index (κ3) is 13.2. The number of rotatable bonds is 18. The minimum absolute atomic E-state index is 0.238. The number of unbranched alkanes of at least 4 members (excludes halogenated alkanes) is 11. The van der Waals surface area contributed by atoms with Crippen molar-refractivity contribution in [2.75, 3.05) is 18.5 Å². The fraction of sp³-hybridized carbons (Fsp3) is 0.708. The Morgan fingerprint density at radius 3 is 1.89 bits per heavy atom. The average molecular weight is 455 g/mol. The van der Waals surface area contributed by atoms with Gasteiger partial charge >= 0.3 is 5.97 Å². The Labute approximate surface area is 180 Å². The molecule has 4 heteroatoms. The minimum Gasteiger partial charge on any atom is -0.494 e. The van der Waals surface area contributed by atoms with E-state index in [9.17, 15) is 4.79 Å². The van der Waals surface area contributed by atoms with Crippen molar-refractivity contribution in [2.24, 2.45) is 0 Å². The zero-order chi connectivity index (χ0) is 20.3. The molecular formula is C24H39BrO3. The molecule has 1 aromatic carbocycles. The monoisotopic (exact) mass is 454 g/mol. The highest BCUT2D eigenvalue weighted by Crippen LogP contribution is 2.15. The topological polar surface area (TPSA) is 35.5 Å². The highest BCUT2D eigenvalue weighted by Gasteiger charge is 2.07. The van der Waals surface area contributed by atoms with Gasteiger partial charge in [0.2, 0.25) is 0 Å². The van der Waals surface area contributed by atoms with Gasteiger partial charge < -0.3 is 9.47 Å². The van der Waals surface area contributed by atoms with Crippen LogP contribution in [0.5, 0.6) is 5.75 Å². The fourth-order valence-electron chi connectivity index (χ4n) is 3.09. The van der Waals surface area contributed by atoms with Crippen LogP contribution >= 0.6 is 15.9 Å². The van der Waals surface area contributed by atoms with Crippen molar-refractivity contribution in [3.8, 4) is 5.75 Å². The van der Waals surface area contributed by atoms with Crippen molar-refractivity contribution in [2.45, 2.75) is 90.4 Å². The van der Waals surface area contributed by atoms with Crippen molar-refractivity contribution in [1.29, 1.82) is 0 Å². The lowest BCUT2D eigenvalue weighted by atomic mass is 10.1. The molecule has 0 aliphatic rings. The Hall–Kier alpha value is -1.03. The van der Waals surface area contributed by atoms with Gasteiger partial charge in [0.05, 0.1) is 18.8 Å². The summed E-state index contributed by atoms with van der Waals surface area (Å²) >= 11 is 3.45. The van der Waals surface area contributed by atoms with Gasteiger partial charge in [0.1, 0.15) is 5.75 Å². The molecule has 1 rings (SSSR count). The van der Waals surface area contributed by atoms with Crippen LogP contribution in [0.1, 0.15) is 101 Å². The summed E-state index contributed by atoms with van der Waals surface area (Å²) in [6.45, 7) is 3.50. The van der Waals surface area contributed by atoms with E-state index in [0.29, 0.717) is 12.2 Å². The summed E-state index contributed by atoms with van der Waals surface area (Å²) < 4.78 is 11.1. The van der Waals surface area contributed by atoms with Crippen LogP contribution in [0.3, 0.4) is 0 Å². The molecule has 0 fully saturated rings. The van der Waals surface area contributed by atoms with Gasteiger partial charge in [-0.25, -0.2) is 4.79 Å². The maximum absolute atomic E-state index is 12.1. The Bertz CT molecular complexity index is 487. The molecule has 0 radical (unpaired) electrons. The maximum Gasteiger partial charge on any atom is 0.338 e. The number of carbonyl (C=O) groups is 1. The van der Waals surface area contributed by atoms with Gasteiger partial charge in [-0.2, -0.15) is 0 Å². The molecule has 28 heavy (non-hydrogen) atoms. The second-order valence-electron chi connectivity index (χ2n) is 7.44. The highest BCUT2D eigenvalue weighted by atomic mass is 79.9. The standard InChI is InChI=1S/C24H39BrO3/c1-2-3-4-5-7-10-13-20-27-23-17-15-22(16-18-23)24(26)28-21-14-11-8-6-9-12-19-25/h15-18H,2-14,19-21H2,1H3. The summed E-state index contributed by atoms with van der Waals surface area (Å²) in [4.78, 5) is 12.1. The predicted molar refractivity (Wildman–Crippen MR) is 122 cm³/mol. The Kier molecular flexibility index (Phi) is 16.1. The number of ether oxygens (including phenoxy) is 2. The molecule has 0 aromatic heterocycles. The molecule has 0 amide bonds. The molecule has 0 saturated carbocycles. The Balaban J connectivity index is 2.07. The van der Waals surface area contributed by atoms with Gasteiger partial charge in [-0.15, -0.1) is 0 Å². The Morgan fingerprint density at radius 2 is 1.29 bits per heavy atom. The van der Waals surface area contributed by atoms with E-state index >= 15 is 0 Å². The highest BCUT2D eigenvalue weighted by molar-refractivity contribution is 9.09. The van der Waals surface area contributed by atoms with Crippen molar-refractivity contribution in [1.82, 2.24) is 0 Å². The average Bonchev–Trinajstić information content (AvgIpc) is 2.72. The van der Waals surface area contributed by atoms with E-state index in [4.69, 9.17) is 9.47 Å². The summed E-state index contributed by atoms with van der Waals surface area (Å²) in [7, 11) is 0. The van der Waals surface area contributed by atoms with Crippen LogP contribution in [0.2, 0.25) is 0 Å². The maximum atomic E-state index is 12.1. The van der Waals surface area contributed by atoms with Crippen LogP contribution in [-0.4, -0.2) is 24.5 Å². The molecule has 0 N–H and O–H groups in total. The lowest BCUT2D eigenvalue weighted by Gasteiger charge is -2.08. The molecule has 0 saturated heterocycles. The quantitative estimate of drug-likeness (QED) is 0.129. The molecule has 0 spiro atoms. The van der Waals surface area contributed by atoms with Crippen LogP contribution < -0.4 is 4.74 Å². The molecule has 0 atom stereocenters. The first-order valence-electron chi connectivity index (χ1n) is 11.2. The first kappa shape index (κ1) is 25.0. The molecule has 1 aromatic rings. The largest absolute Gasteiger partial charge is 0.494 e. The van der Waals surface area contributed by atoms with E-state index < -0.39 is 0 Å². The lowest BCUT2D eigenvalue weighted by Crippen LogP contribution is -2.06. The van der Waals surface area contributed by atoms with Crippen LogP contribution in [0, 0.1) is 0 Å². The fourth-order valence-corrected chi connectivity index (χ4v) is 3.48. The zero-order valence-corrected chi connectivity index (χ0v) is 19.3. The third-order valence-electron chi connectivity index (χ3n) is 4.87. The summed E-state index contributed by atoms with van der Waals surface area (Å²) in [5.74, 6) is 0.587. The SMILES string of the molecule is CCCCCCCCCOc1ccc(C(=O)OCCCCCCCCBr)cc1. The van der Waals surface area contributed by atoms with Gasteiger partial charge in [0.15, 0.2) is 0 Å². The van der Waals surface area contributed by atoms with Gasteiger partial charge in [0, 0.05) is 5.33 Å². The summed E-state index contributed by atoms with van der Waals surface area (Å²) in [6.07, 6.45) is 16.0. The second kappa shape index (κ2) is 18.0. The first-order valence-corrected chi connectivity index (χ1v) is 12.4. The van der Waals surface area contributed by atoms with Crippen LogP contribution in [0.15, 0.2) is 24.3 Å². The molecule has 0 aliphatic heterocycles. The number of hydrogen-bond acceptors (Lipinski definition) is 3. The van der Waals surface area contributed by atoms with Crippen LogP contribution in [0.25, 0.3) is 0 Å². The number of esters is 1. The molecule has 0 unspecified atom stereocenters. The first-order chi connectivity index (χ1) is 13.8. The van der Waals surface area contributed by atoms with Gasteiger partial charge in [0.25, 0.3) is 0 Å². The predicted octanol–water partition coefficient (Wildman–Crippen LogP) is 7.71. The summed E-state index contributed by atoms with van der Waals surface area (Å²) in [5.41, 5.74) is 0.598. The summed E-state index contributed by atoms with van der Waals surface area (Å²) in [5, 5.41) is 1.09. The smallest absolute Gasteiger partial charge is 0.338 e. The molecule has 160 valence electrons. The van der Waals surface area contributed by atoms with E-state index in [1.54, 1.807) is 12.1 Å². The number of benzene rings is 1. The van der Waals surface area contributed by atoms with E-state index in [0.717, 1.165) is 36.9 Å². The number of halogens is 1. The second-order valence-corrected chi connectivity index (χ2v) is 8.23. The summed E-state index contributed by atoms with van der Waals surface area (Å²) in [6, 6.07) is 7.31. The molecule has 0 bridgehead atoms. The van der Waals surface area contributed by atoms with E-state index in [1.165, 1.54) is 64.2 Å². The van der Waals surface area contributed by atoms with Crippen LogP contribution in [-0.2, 0) is 4.74 Å². The number of carbonyl (C=O) groups excluding carboxylic acids is 1. The van der Waals surface area contributed by atoms with Crippen molar-refractivity contribution in [3.05, 3.63) is 29.8 Å². The Morgan fingerprint density at radius 1 is 0.750 bits per heavy atom. The third-order valence-corrected chi connectivity index (χ3v) is 5.43. The number of hydrogen-bond donors (Lipinski definition) is 0. The van der Waals surface area contributed by atoms with Gasteiger partial charge in [-0.05, 0) is 43.5 Å². The molecule has 0 heterocycles. The molecule has 3 nitrogen and oxygen atoms in total. The van der Waals surface area contributed by atoms with Crippen LogP contribution in [0.4, 0.5) is 0 Å². The minimum atomic E-state index is -0.238. The zero-order valence-electron chi connectivity index (χ0n) is 17.7. The molecular weight excluding hydrogens is 416 g/mol. The molecule has 0 aliphatic carbocycles. The van der Waals surface area contributed by atoms with E-state index in [1.807, 2.05) is 12.1 Å². The van der Waals surface area contributed by atoms with E-state index in [-0.39, 0.29) is 5.97 Å². The van der Waals surface area contributed by atoms with E-state index in [2.05, 4.69) is 22.9 Å². The number of alkyl halides is 1.